The number of carbonyl (C=O) groups is 1. The lowest BCUT2D eigenvalue weighted by molar-refractivity contribution is -0.126. The van der Waals surface area contributed by atoms with Crippen LogP contribution in [-0.2, 0) is 4.79 Å². The van der Waals surface area contributed by atoms with Crippen LogP contribution in [0, 0.1) is 11.3 Å². The second kappa shape index (κ2) is 6.15. The van der Waals surface area contributed by atoms with E-state index in [1.54, 1.807) is 28.1 Å². The lowest BCUT2D eigenvalue weighted by Gasteiger charge is -2.40. The first-order valence-corrected chi connectivity index (χ1v) is 7.91. The van der Waals surface area contributed by atoms with Crippen molar-refractivity contribution in [3.05, 3.63) is 28.2 Å². The highest BCUT2D eigenvalue weighted by molar-refractivity contribution is 6.45. The molecule has 2 heterocycles. The molecule has 0 bridgehead atoms. The highest BCUT2D eigenvalue weighted by Gasteiger charge is 2.38. The molecule has 1 amide bonds. The molecule has 1 atom stereocenters. The van der Waals surface area contributed by atoms with Crippen LogP contribution >= 0.6 is 23.2 Å². The summed E-state index contributed by atoms with van der Waals surface area (Å²) in [5.74, 6) is -0.296. The molecule has 0 aliphatic carbocycles. The van der Waals surface area contributed by atoms with Gasteiger partial charge in [-0.1, -0.05) is 29.6 Å². The molecule has 0 unspecified atom stereocenters. The molecule has 0 radical (unpaired) electrons. The Morgan fingerprint density at radius 3 is 2.82 bits per heavy atom. The zero-order chi connectivity index (χ0) is 15.7. The van der Waals surface area contributed by atoms with E-state index < -0.39 is 0 Å². The number of hydrogen-bond acceptors (Lipinski definition) is 4. The van der Waals surface area contributed by atoms with Gasteiger partial charge in [-0.2, -0.15) is 10.4 Å². The molecule has 22 heavy (non-hydrogen) atoms. The van der Waals surface area contributed by atoms with E-state index in [0.717, 1.165) is 25.7 Å². The first-order chi connectivity index (χ1) is 10.6. The Morgan fingerprint density at radius 2 is 2.09 bits per heavy atom. The molecular formula is C15H14Cl2N4O. The van der Waals surface area contributed by atoms with Crippen molar-refractivity contribution in [1.82, 2.24) is 4.90 Å². The van der Waals surface area contributed by atoms with E-state index >= 15 is 0 Å². The lowest BCUT2D eigenvalue weighted by Crippen LogP contribution is -2.55. The van der Waals surface area contributed by atoms with Gasteiger partial charge in [0, 0.05) is 11.6 Å². The maximum Gasteiger partial charge on any atom is 0.286 e. The SMILES string of the molecule is N#CC1=NN(c2ccc(Cl)cc2Cl)[C@@H]2CCCCCN2C1=O. The van der Waals surface area contributed by atoms with Crippen LogP contribution in [0.5, 0.6) is 0 Å². The predicted molar refractivity (Wildman–Crippen MR) is 86.0 cm³/mol. The third-order valence-electron chi connectivity index (χ3n) is 3.94. The minimum absolute atomic E-state index is 0.107. The van der Waals surface area contributed by atoms with Gasteiger partial charge in [0.2, 0.25) is 5.71 Å². The summed E-state index contributed by atoms with van der Waals surface area (Å²) in [5, 5.41) is 16.1. The summed E-state index contributed by atoms with van der Waals surface area (Å²) in [5.41, 5.74) is 0.549. The monoisotopic (exact) mass is 336 g/mol. The zero-order valence-electron chi connectivity index (χ0n) is 11.8. The Labute approximate surface area is 138 Å². The largest absolute Gasteiger partial charge is 0.314 e. The standard InChI is InChI=1S/C15H14Cl2N4O/c16-10-5-6-13(11(17)8-10)21-14-4-2-1-3-7-20(14)15(22)12(9-18)19-21/h5-6,8,14H,1-4,7H2/t14-/m1/s1. The Morgan fingerprint density at radius 1 is 1.27 bits per heavy atom. The number of nitrogens with zero attached hydrogens (tertiary/aromatic N) is 4. The fourth-order valence-electron chi connectivity index (χ4n) is 2.89. The van der Waals surface area contributed by atoms with Crippen LogP contribution in [0.1, 0.15) is 25.7 Å². The molecule has 1 saturated heterocycles. The predicted octanol–water partition coefficient (Wildman–Crippen LogP) is 3.42. The average Bonchev–Trinajstić information content (AvgIpc) is 2.75. The Hall–Kier alpha value is -1.77. The Kier molecular flexibility index (Phi) is 4.23. The summed E-state index contributed by atoms with van der Waals surface area (Å²) in [7, 11) is 0. The minimum Gasteiger partial charge on any atom is -0.314 e. The van der Waals surface area contributed by atoms with Crippen molar-refractivity contribution in [3.8, 4) is 6.07 Å². The maximum atomic E-state index is 12.4. The van der Waals surface area contributed by atoms with Gasteiger partial charge in [-0.05, 0) is 37.5 Å². The fraction of sp³-hybridized carbons (Fsp3) is 0.400. The van der Waals surface area contributed by atoms with Gasteiger partial charge in [-0.15, -0.1) is 0 Å². The highest BCUT2D eigenvalue weighted by Crippen LogP contribution is 2.34. The molecule has 3 rings (SSSR count). The van der Waals surface area contributed by atoms with Crippen molar-refractivity contribution in [1.29, 1.82) is 5.26 Å². The van der Waals surface area contributed by atoms with Crippen molar-refractivity contribution >= 4 is 40.5 Å². The van der Waals surface area contributed by atoms with Gasteiger partial charge in [-0.3, -0.25) is 4.79 Å². The molecule has 1 aromatic carbocycles. The minimum atomic E-state index is -0.296. The summed E-state index contributed by atoms with van der Waals surface area (Å²) in [6, 6.07) is 7.01. The highest BCUT2D eigenvalue weighted by atomic mass is 35.5. The zero-order valence-corrected chi connectivity index (χ0v) is 13.3. The summed E-state index contributed by atoms with van der Waals surface area (Å²) in [4.78, 5) is 14.1. The van der Waals surface area contributed by atoms with Crippen LogP contribution in [0.3, 0.4) is 0 Å². The molecule has 0 saturated carbocycles. The number of halogens is 2. The van der Waals surface area contributed by atoms with E-state index in [1.165, 1.54) is 0 Å². The molecule has 1 fully saturated rings. The normalized spacial score (nSPS) is 21.8. The topological polar surface area (TPSA) is 59.7 Å². The van der Waals surface area contributed by atoms with E-state index in [0.29, 0.717) is 22.3 Å². The van der Waals surface area contributed by atoms with Gasteiger partial charge in [0.05, 0.1) is 10.7 Å². The molecule has 1 aromatic rings. The van der Waals surface area contributed by atoms with E-state index in [2.05, 4.69) is 5.10 Å². The summed E-state index contributed by atoms with van der Waals surface area (Å²) in [6.07, 6.45) is 3.60. The number of carbonyl (C=O) groups excluding carboxylic acids is 1. The molecule has 114 valence electrons. The first kappa shape index (κ1) is 15.1. The van der Waals surface area contributed by atoms with Gasteiger partial charge < -0.3 is 4.90 Å². The van der Waals surface area contributed by atoms with Crippen molar-refractivity contribution in [2.24, 2.45) is 5.10 Å². The molecule has 2 aliphatic rings. The number of rotatable bonds is 1. The van der Waals surface area contributed by atoms with Crippen LogP contribution < -0.4 is 5.01 Å². The van der Waals surface area contributed by atoms with Crippen LogP contribution in [0.4, 0.5) is 5.69 Å². The van der Waals surface area contributed by atoms with Crippen LogP contribution in [-0.4, -0.2) is 29.2 Å². The van der Waals surface area contributed by atoms with Crippen molar-refractivity contribution in [2.45, 2.75) is 31.8 Å². The number of nitriles is 1. The number of hydrogen-bond donors (Lipinski definition) is 0. The first-order valence-electron chi connectivity index (χ1n) is 7.16. The van der Waals surface area contributed by atoms with Crippen LogP contribution in [0.25, 0.3) is 0 Å². The van der Waals surface area contributed by atoms with Gasteiger partial charge in [-0.25, -0.2) is 5.01 Å². The van der Waals surface area contributed by atoms with Crippen molar-refractivity contribution < 1.29 is 4.79 Å². The Bertz CT molecular complexity index is 683. The quantitative estimate of drug-likeness (QED) is 0.789. The molecule has 2 aliphatic heterocycles. The lowest BCUT2D eigenvalue weighted by atomic mass is 10.1. The molecule has 0 N–H and O–H groups in total. The molecule has 5 nitrogen and oxygen atoms in total. The number of benzene rings is 1. The smallest absolute Gasteiger partial charge is 0.286 e. The number of fused-ring (bicyclic) bond motifs is 1. The molecule has 0 aromatic heterocycles. The van der Waals surface area contributed by atoms with Crippen LogP contribution in [0.2, 0.25) is 10.0 Å². The number of amides is 1. The Balaban J connectivity index is 2.08. The molecular weight excluding hydrogens is 323 g/mol. The van der Waals surface area contributed by atoms with Gasteiger partial charge in [0.1, 0.15) is 12.2 Å². The summed E-state index contributed by atoms with van der Waals surface area (Å²) < 4.78 is 0. The second-order valence-electron chi connectivity index (χ2n) is 5.33. The van der Waals surface area contributed by atoms with Crippen molar-refractivity contribution in [3.63, 3.8) is 0 Å². The third kappa shape index (κ3) is 2.65. The van der Waals surface area contributed by atoms with E-state index in [9.17, 15) is 10.1 Å². The summed E-state index contributed by atoms with van der Waals surface area (Å²) >= 11 is 12.2. The maximum absolute atomic E-state index is 12.4. The average molecular weight is 337 g/mol. The third-order valence-corrected chi connectivity index (χ3v) is 4.47. The number of hydrazone groups is 1. The van der Waals surface area contributed by atoms with E-state index in [1.807, 2.05) is 6.07 Å². The summed E-state index contributed by atoms with van der Waals surface area (Å²) in [6.45, 7) is 0.631. The molecule has 0 spiro atoms. The van der Waals surface area contributed by atoms with E-state index in [-0.39, 0.29) is 17.8 Å². The fourth-order valence-corrected chi connectivity index (χ4v) is 3.38. The van der Waals surface area contributed by atoms with Crippen molar-refractivity contribution in [2.75, 3.05) is 11.6 Å². The molecule has 7 heteroatoms. The van der Waals surface area contributed by atoms with Gasteiger partial charge in [0.15, 0.2) is 0 Å². The second-order valence-corrected chi connectivity index (χ2v) is 6.17. The van der Waals surface area contributed by atoms with Gasteiger partial charge >= 0.3 is 0 Å². The number of anilines is 1. The van der Waals surface area contributed by atoms with E-state index in [4.69, 9.17) is 23.2 Å². The van der Waals surface area contributed by atoms with Gasteiger partial charge in [0.25, 0.3) is 5.91 Å². The van der Waals surface area contributed by atoms with Crippen LogP contribution in [0.15, 0.2) is 23.3 Å².